The van der Waals surface area contributed by atoms with Gasteiger partial charge < -0.3 is 32.5 Å². The molecule has 1 aromatic heterocycles. The Morgan fingerprint density at radius 3 is 1.92 bits per heavy atom. The first-order valence-corrected chi connectivity index (χ1v) is 17.7. The van der Waals surface area contributed by atoms with Crippen molar-refractivity contribution in [2.24, 2.45) is 7.05 Å². The number of ketones is 1. The minimum absolute atomic E-state index is 0.0830. The molecule has 2 unspecified atom stereocenters. The van der Waals surface area contributed by atoms with Crippen molar-refractivity contribution in [2.45, 2.75) is 134 Å². The van der Waals surface area contributed by atoms with Gasteiger partial charge in [-0.2, -0.15) is 0 Å². The summed E-state index contributed by atoms with van der Waals surface area (Å²) in [6.07, 6.45) is 5.18. The van der Waals surface area contributed by atoms with E-state index >= 15 is 4.39 Å². The van der Waals surface area contributed by atoms with E-state index in [4.69, 9.17) is 27.9 Å². The molecule has 2 atom stereocenters. The third kappa shape index (κ3) is 5.75. The fourth-order valence-electron chi connectivity index (χ4n) is 7.34. The summed E-state index contributed by atoms with van der Waals surface area (Å²) < 4.78 is 56.1. The Bertz CT molecular complexity index is 1800. The number of carbonyl (C=O) groups excluding carboxylic acids is 1. The van der Waals surface area contributed by atoms with Crippen LogP contribution in [-0.4, -0.2) is 65.1 Å². The first-order chi connectivity index (χ1) is 22.7. The largest absolute Gasteiger partial charge is 0.494 e. The van der Waals surface area contributed by atoms with E-state index in [1.54, 1.807) is 12.3 Å². The second-order valence-electron chi connectivity index (χ2n) is 17.1. The zero-order valence-corrected chi connectivity index (χ0v) is 30.9. The maximum absolute atomic E-state index is 15.2. The lowest BCUT2D eigenvalue weighted by Gasteiger charge is -2.42. The maximum Gasteiger partial charge on any atom is 0.494 e. The van der Waals surface area contributed by atoms with Gasteiger partial charge in [-0.05, 0) is 130 Å². The lowest BCUT2D eigenvalue weighted by Crippen LogP contribution is -2.50. The average Bonchev–Trinajstić information content (AvgIpc) is 3.64. The van der Waals surface area contributed by atoms with Crippen LogP contribution in [0.5, 0.6) is 0 Å². The van der Waals surface area contributed by atoms with Crippen molar-refractivity contribution in [2.75, 3.05) is 0 Å². The third-order valence-electron chi connectivity index (χ3n) is 12.5. The predicted molar refractivity (Wildman–Crippen MR) is 190 cm³/mol. The molecule has 260 valence electrons. The molecule has 49 heavy (non-hydrogen) atoms. The van der Waals surface area contributed by atoms with Crippen LogP contribution in [0.1, 0.15) is 122 Å². The second kappa shape index (κ2) is 11.3. The Hall–Kier alpha value is -2.47. The molecule has 3 saturated heterocycles. The van der Waals surface area contributed by atoms with E-state index in [9.17, 15) is 4.79 Å². The van der Waals surface area contributed by atoms with Crippen molar-refractivity contribution in [1.82, 2.24) is 4.57 Å². The Morgan fingerprint density at radius 2 is 1.31 bits per heavy atom. The van der Waals surface area contributed by atoms with Crippen LogP contribution in [0.25, 0.3) is 10.9 Å². The van der Waals surface area contributed by atoms with Gasteiger partial charge in [0.25, 0.3) is 0 Å². The van der Waals surface area contributed by atoms with Crippen molar-refractivity contribution in [3.05, 3.63) is 65.1 Å². The molecule has 0 N–H and O–H groups in total. The molecule has 7 rings (SSSR count). The number of nitrogens with zero attached hydrogens (tertiary/aromatic N) is 1. The van der Waals surface area contributed by atoms with E-state index in [-0.39, 0.29) is 11.3 Å². The first-order valence-electron chi connectivity index (χ1n) is 17.7. The third-order valence-corrected chi connectivity index (χ3v) is 12.5. The Labute approximate surface area is 291 Å². The first kappa shape index (κ1) is 35.0. The van der Waals surface area contributed by atoms with E-state index < -0.39 is 60.6 Å². The molecule has 0 amide bonds. The van der Waals surface area contributed by atoms with Crippen molar-refractivity contribution in [3.63, 3.8) is 0 Å². The topological polar surface area (TPSA) is 77.4 Å². The van der Waals surface area contributed by atoms with Gasteiger partial charge in [0.2, 0.25) is 0 Å². The Morgan fingerprint density at radius 1 is 0.735 bits per heavy atom. The van der Waals surface area contributed by atoms with Crippen LogP contribution in [0.15, 0.2) is 42.6 Å². The molecule has 12 heteroatoms. The number of benzene rings is 2. The van der Waals surface area contributed by atoms with Crippen LogP contribution in [0, 0.1) is 5.82 Å². The number of hydrogen-bond donors (Lipinski definition) is 0. The van der Waals surface area contributed by atoms with Crippen molar-refractivity contribution < 1.29 is 37.1 Å². The summed E-state index contributed by atoms with van der Waals surface area (Å²) in [5, 5.41) is 0.730. The fraction of sp³-hybridized carbons (Fsp3) is 0.595. The van der Waals surface area contributed by atoms with Gasteiger partial charge in [0.05, 0.1) is 39.2 Å². The monoisotopic (exact) mass is 671 g/mol. The van der Waals surface area contributed by atoms with Gasteiger partial charge >= 0.3 is 21.1 Å². The number of fused-ring (bicyclic) bond motifs is 1. The number of halogens is 1. The predicted octanol–water partition coefficient (Wildman–Crippen LogP) is 6.73. The molecule has 0 radical (unpaired) electrons. The van der Waals surface area contributed by atoms with Gasteiger partial charge in [0.15, 0.2) is 5.78 Å². The zero-order chi connectivity index (χ0) is 35.5. The average molecular weight is 671 g/mol. The molecule has 4 fully saturated rings. The van der Waals surface area contributed by atoms with Crippen molar-refractivity contribution >= 4 is 43.3 Å². The molecule has 0 bridgehead atoms. The molecular weight excluding hydrogens is 622 g/mol. The highest BCUT2D eigenvalue weighted by molar-refractivity contribution is 7.11. The van der Waals surface area contributed by atoms with Gasteiger partial charge in [-0.3, -0.25) is 4.79 Å². The maximum atomic E-state index is 15.2. The van der Waals surface area contributed by atoms with Gasteiger partial charge in [-0.1, -0.05) is 18.2 Å². The number of carbonyl (C=O) groups is 1. The van der Waals surface area contributed by atoms with E-state index in [0.717, 1.165) is 34.8 Å². The normalized spacial score (nSPS) is 28.6. The Balaban J connectivity index is 1.10. The number of aromatic nitrogens is 1. The van der Waals surface area contributed by atoms with E-state index in [1.165, 1.54) is 6.07 Å². The van der Waals surface area contributed by atoms with Gasteiger partial charge in [-0.25, -0.2) is 4.39 Å². The van der Waals surface area contributed by atoms with Crippen LogP contribution >= 0.6 is 0 Å². The molecule has 2 aromatic carbocycles. The summed E-state index contributed by atoms with van der Waals surface area (Å²) in [7, 11) is -0.0881. The molecule has 3 aliphatic heterocycles. The van der Waals surface area contributed by atoms with E-state index in [0.29, 0.717) is 24.3 Å². The van der Waals surface area contributed by atoms with Crippen molar-refractivity contribution in [1.29, 1.82) is 0 Å². The Kier molecular flexibility index (Phi) is 8.04. The summed E-state index contributed by atoms with van der Waals surface area (Å²) in [5.41, 5.74) is -0.460. The fourth-order valence-corrected chi connectivity index (χ4v) is 7.34. The standard InChI is InChI=1S/C37H49B3FNO7/c1-32(2)33(3,4)46-39(45-32)40-47-35(7,8)37(10,49-40)19-18-36(9)34(5,6)44-38(48-36)25-15-17-30-27(21-25)28(22-42(30)11)31(43)26-16-14-24(20-29(26)41)23-12-13-23/h14-17,20-23H,12-13,18-19H2,1-11H3. The van der Waals surface area contributed by atoms with Gasteiger partial charge in [0, 0.05) is 29.7 Å². The molecule has 3 aromatic rings. The minimum Gasteiger partial charge on any atom is -0.405 e. The summed E-state index contributed by atoms with van der Waals surface area (Å²) in [4.78, 5) is 13.7. The highest BCUT2D eigenvalue weighted by Crippen LogP contribution is 2.48. The van der Waals surface area contributed by atoms with Crippen LogP contribution in [-0.2, 0) is 35.0 Å². The zero-order valence-electron chi connectivity index (χ0n) is 30.9. The molecule has 1 saturated carbocycles. The lowest BCUT2D eigenvalue weighted by molar-refractivity contribution is -0.0576. The summed E-state index contributed by atoms with van der Waals surface area (Å²) in [5.74, 6) is -0.403. The van der Waals surface area contributed by atoms with Crippen LogP contribution in [0.2, 0.25) is 0 Å². The molecule has 4 heterocycles. The van der Waals surface area contributed by atoms with Crippen LogP contribution in [0.3, 0.4) is 0 Å². The molecule has 8 nitrogen and oxygen atoms in total. The van der Waals surface area contributed by atoms with E-state index in [2.05, 4.69) is 13.8 Å². The highest BCUT2D eigenvalue weighted by Gasteiger charge is 2.65. The quantitative estimate of drug-likeness (QED) is 0.194. The smallest absolute Gasteiger partial charge is 0.405 e. The number of hydrogen-bond acceptors (Lipinski definition) is 7. The van der Waals surface area contributed by atoms with Crippen LogP contribution < -0.4 is 5.46 Å². The summed E-state index contributed by atoms with van der Waals surface area (Å²) >= 11 is 0. The molecule has 0 spiro atoms. The van der Waals surface area contributed by atoms with Gasteiger partial charge in [-0.15, -0.1) is 0 Å². The highest BCUT2D eigenvalue weighted by atomic mass is 19.1. The molecule has 1 aliphatic carbocycles. The lowest BCUT2D eigenvalue weighted by atomic mass is 9.49. The summed E-state index contributed by atoms with van der Waals surface area (Å²) in [6, 6.07) is 10.9. The minimum atomic E-state index is -0.681. The summed E-state index contributed by atoms with van der Waals surface area (Å²) in [6.45, 7) is 20.4. The van der Waals surface area contributed by atoms with Crippen LogP contribution in [0.4, 0.5) is 4.39 Å². The SMILES string of the molecule is Cn1cc(C(=O)c2ccc(C3CC3)cc2F)c2cc(B3OC(C)(C)C(C)(CCC4(C)OB(B5OC(C)(C)C(C)(C)O5)OC4(C)C)O3)ccc21. The second-order valence-corrected chi connectivity index (χ2v) is 17.1. The number of aryl methyl sites for hydroxylation is 1. The number of rotatable bonds is 8. The van der Waals surface area contributed by atoms with Crippen molar-refractivity contribution in [3.8, 4) is 0 Å². The molecule has 4 aliphatic rings. The van der Waals surface area contributed by atoms with E-state index in [1.807, 2.05) is 91.3 Å². The van der Waals surface area contributed by atoms with Gasteiger partial charge in [0.1, 0.15) is 5.82 Å². The molecular formula is C37H49B3FNO7.